The Labute approximate surface area is 123 Å². The number of hydrogen-bond donors (Lipinski definition) is 0. The van der Waals surface area contributed by atoms with Gasteiger partial charge in [0.15, 0.2) is 11.6 Å². The number of ether oxygens (including phenoxy) is 1. The molecular weight excluding hydrogens is 306 g/mol. The summed E-state index contributed by atoms with van der Waals surface area (Å²) in [5.41, 5.74) is 0. The molecular formula is C14H22BrN3O. The first-order valence-corrected chi connectivity index (χ1v) is 7.98. The Kier molecular flexibility index (Phi) is 5.45. The predicted octanol–water partition coefficient (Wildman–Crippen LogP) is 2.39. The van der Waals surface area contributed by atoms with Gasteiger partial charge in [0.1, 0.15) is 0 Å². The Morgan fingerprint density at radius 1 is 1.32 bits per heavy atom. The van der Waals surface area contributed by atoms with Crippen molar-refractivity contribution in [3.63, 3.8) is 0 Å². The molecule has 0 radical (unpaired) electrons. The SMILES string of the molecule is CC(C)Oc1cccnc1N1CCN(CCBr)CC1. The number of pyridine rings is 1. The summed E-state index contributed by atoms with van der Waals surface area (Å²) < 4.78 is 5.85. The molecule has 1 saturated heterocycles. The molecule has 2 rings (SSSR count). The maximum atomic E-state index is 5.85. The van der Waals surface area contributed by atoms with Gasteiger partial charge in [-0.05, 0) is 26.0 Å². The van der Waals surface area contributed by atoms with Crippen LogP contribution in [0.1, 0.15) is 13.8 Å². The molecule has 19 heavy (non-hydrogen) atoms. The lowest BCUT2D eigenvalue weighted by Crippen LogP contribution is -2.47. The second-order valence-corrected chi connectivity index (χ2v) is 5.80. The van der Waals surface area contributed by atoms with E-state index >= 15 is 0 Å². The van der Waals surface area contributed by atoms with E-state index in [-0.39, 0.29) is 6.10 Å². The minimum atomic E-state index is 0.178. The maximum Gasteiger partial charge on any atom is 0.171 e. The van der Waals surface area contributed by atoms with E-state index in [0.29, 0.717) is 0 Å². The first-order valence-electron chi connectivity index (χ1n) is 6.85. The van der Waals surface area contributed by atoms with Gasteiger partial charge in [-0.3, -0.25) is 4.90 Å². The van der Waals surface area contributed by atoms with Crippen molar-refractivity contribution in [2.45, 2.75) is 20.0 Å². The molecule has 0 unspecified atom stereocenters. The smallest absolute Gasteiger partial charge is 0.171 e. The second-order valence-electron chi connectivity index (χ2n) is 5.01. The lowest BCUT2D eigenvalue weighted by atomic mass is 10.3. The molecule has 106 valence electrons. The molecule has 0 atom stereocenters. The molecule has 0 spiro atoms. The monoisotopic (exact) mass is 327 g/mol. The fourth-order valence-electron chi connectivity index (χ4n) is 2.27. The van der Waals surface area contributed by atoms with Gasteiger partial charge >= 0.3 is 0 Å². The van der Waals surface area contributed by atoms with E-state index < -0.39 is 0 Å². The van der Waals surface area contributed by atoms with Gasteiger partial charge in [-0.15, -0.1) is 0 Å². The van der Waals surface area contributed by atoms with Crippen LogP contribution in [0.15, 0.2) is 18.3 Å². The van der Waals surface area contributed by atoms with Crippen LogP contribution in [0.5, 0.6) is 5.75 Å². The normalized spacial score (nSPS) is 16.9. The quantitative estimate of drug-likeness (QED) is 0.776. The highest BCUT2D eigenvalue weighted by atomic mass is 79.9. The van der Waals surface area contributed by atoms with Gasteiger partial charge in [0.05, 0.1) is 6.10 Å². The maximum absolute atomic E-state index is 5.85. The number of anilines is 1. The molecule has 0 saturated carbocycles. The van der Waals surface area contributed by atoms with E-state index in [0.717, 1.165) is 49.6 Å². The van der Waals surface area contributed by atoms with E-state index in [1.807, 2.05) is 32.2 Å². The summed E-state index contributed by atoms with van der Waals surface area (Å²) in [4.78, 5) is 9.29. The Morgan fingerprint density at radius 3 is 2.68 bits per heavy atom. The molecule has 1 aromatic heterocycles. The van der Waals surface area contributed by atoms with Crippen LogP contribution in [0.25, 0.3) is 0 Å². The summed E-state index contributed by atoms with van der Waals surface area (Å²) in [5.74, 6) is 1.88. The van der Waals surface area contributed by atoms with E-state index in [2.05, 4.69) is 30.7 Å². The molecule has 0 amide bonds. The van der Waals surface area contributed by atoms with Gasteiger partial charge in [-0.1, -0.05) is 15.9 Å². The largest absolute Gasteiger partial charge is 0.487 e. The van der Waals surface area contributed by atoms with Crippen molar-refractivity contribution < 1.29 is 4.74 Å². The molecule has 0 aromatic carbocycles. The Bertz CT molecular complexity index is 392. The number of halogens is 1. The van der Waals surface area contributed by atoms with Gasteiger partial charge in [-0.2, -0.15) is 0 Å². The molecule has 0 N–H and O–H groups in total. The third kappa shape index (κ3) is 4.08. The zero-order valence-electron chi connectivity index (χ0n) is 11.7. The highest BCUT2D eigenvalue weighted by Gasteiger charge is 2.20. The van der Waals surface area contributed by atoms with Crippen LogP contribution in [0.2, 0.25) is 0 Å². The van der Waals surface area contributed by atoms with Gasteiger partial charge in [0.2, 0.25) is 0 Å². The predicted molar refractivity (Wildman–Crippen MR) is 82.4 cm³/mol. The van der Waals surface area contributed by atoms with Crippen molar-refractivity contribution in [3.8, 4) is 5.75 Å². The van der Waals surface area contributed by atoms with Crippen molar-refractivity contribution in [1.29, 1.82) is 0 Å². The topological polar surface area (TPSA) is 28.6 Å². The van der Waals surface area contributed by atoms with Crippen LogP contribution < -0.4 is 9.64 Å². The molecule has 1 aromatic rings. The highest BCUT2D eigenvalue weighted by molar-refractivity contribution is 9.09. The molecule has 5 heteroatoms. The number of rotatable bonds is 5. The van der Waals surface area contributed by atoms with E-state index in [9.17, 15) is 0 Å². The second kappa shape index (κ2) is 7.10. The fourth-order valence-corrected chi connectivity index (χ4v) is 2.77. The van der Waals surface area contributed by atoms with Crippen molar-refractivity contribution in [1.82, 2.24) is 9.88 Å². The highest BCUT2D eigenvalue weighted by Crippen LogP contribution is 2.27. The third-order valence-corrected chi connectivity index (χ3v) is 3.54. The number of alkyl halides is 1. The lowest BCUT2D eigenvalue weighted by molar-refractivity contribution is 0.238. The molecule has 0 aliphatic carbocycles. The zero-order valence-corrected chi connectivity index (χ0v) is 13.3. The van der Waals surface area contributed by atoms with Crippen molar-refractivity contribution in [3.05, 3.63) is 18.3 Å². The number of nitrogens with zero attached hydrogens (tertiary/aromatic N) is 3. The van der Waals surface area contributed by atoms with Crippen molar-refractivity contribution >= 4 is 21.7 Å². The van der Waals surface area contributed by atoms with Crippen LogP contribution in [0.3, 0.4) is 0 Å². The van der Waals surface area contributed by atoms with Crippen LogP contribution in [0.4, 0.5) is 5.82 Å². The summed E-state index contributed by atoms with van der Waals surface area (Å²) in [5, 5.41) is 1.04. The first-order chi connectivity index (χ1) is 9.20. The number of hydrogen-bond acceptors (Lipinski definition) is 4. The minimum Gasteiger partial charge on any atom is -0.487 e. The first kappa shape index (κ1) is 14.6. The average Bonchev–Trinajstić information content (AvgIpc) is 2.40. The fraction of sp³-hybridized carbons (Fsp3) is 0.643. The Balaban J connectivity index is 2.02. The van der Waals surface area contributed by atoms with Gasteiger partial charge in [0, 0.05) is 44.3 Å². The average molecular weight is 328 g/mol. The van der Waals surface area contributed by atoms with Crippen molar-refractivity contribution in [2.24, 2.45) is 0 Å². The van der Waals surface area contributed by atoms with Gasteiger partial charge in [0.25, 0.3) is 0 Å². The van der Waals surface area contributed by atoms with Crippen LogP contribution in [-0.2, 0) is 0 Å². The van der Waals surface area contributed by atoms with Crippen LogP contribution >= 0.6 is 15.9 Å². The summed E-state index contributed by atoms with van der Waals surface area (Å²) in [7, 11) is 0. The Hall–Kier alpha value is -0.810. The Morgan fingerprint density at radius 2 is 2.05 bits per heavy atom. The summed E-state index contributed by atoms with van der Waals surface area (Å²) in [6.45, 7) is 9.41. The molecule has 1 aliphatic heterocycles. The van der Waals surface area contributed by atoms with Crippen LogP contribution in [-0.4, -0.2) is 54.0 Å². The third-order valence-electron chi connectivity index (χ3n) is 3.19. The molecule has 1 fully saturated rings. The van der Waals surface area contributed by atoms with E-state index in [1.165, 1.54) is 0 Å². The number of piperazine rings is 1. The van der Waals surface area contributed by atoms with Gasteiger partial charge < -0.3 is 9.64 Å². The van der Waals surface area contributed by atoms with Crippen molar-refractivity contribution in [2.75, 3.05) is 43.0 Å². The molecule has 4 nitrogen and oxygen atoms in total. The van der Waals surface area contributed by atoms with Gasteiger partial charge in [-0.25, -0.2) is 4.98 Å². The lowest BCUT2D eigenvalue weighted by Gasteiger charge is -2.35. The van der Waals surface area contributed by atoms with Crippen LogP contribution in [0, 0.1) is 0 Å². The summed E-state index contributed by atoms with van der Waals surface area (Å²) in [6, 6.07) is 3.94. The summed E-state index contributed by atoms with van der Waals surface area (Å²) in [6.07, 6.45) is 2.02. The zero-order chi connectivity index (χ0) is 13.7. The minimum absolute atomic E-state index is 0.178. The molecule has 1 aliphatic rings. The standard InChI is InChI=1S/C14H22BrN3O/c1-12(2)19-13-4-3-6-16-14(13)18-10-8-17(7-5-15)9-11-18/h3-4,6,12H,5,7-11H2,1-2H3. The molecule has 0 bridgehead atoms. The van der Waals surface area contributed by atoms with E-state index in [4.69, 9.17) is 4.74 Å². The number of aromatic nitrogens is 1. The van der Waals surface area contributed by atoms with E-state index in [1.54, 1.807) is 0 Å². The summed E-state index contributed by atoms with van der Waals surface area (Å²) >= 11 is 3.50. The molecule has 2 heterocycles.